The maximum Gasteiger partial charge on any atom is 0.107 e. The predicted molar refractivity (Wildman–Crippen MR) is 59.4 cm³/mol. The first kappa shape index (κ1) is 10.1. The molecule has 0 spiro atoms. The molecule has 1 aliphatic heterocycles. The lowest BCUT2D eigenvalue weighted by atomic mass is 10.0. The van der Waals surface area contributed by atoms with Crippen LogP contribution in [-0.4, -0.2) is 29.5 Å². The van der Waals surface area contributed by atoms with Crippen LogP contribution in [0.5, 0.6) is 0 Å². The highest BCUT2D eigenvalue weighted by Crippen LogP contribution is 2.22. The summed E-state index contributed by atoms with van der Waals surface area (Å²) in [5.41, 5.74) is 6.76. The molecule has 0 amide bonds. The Morgan fingerprint density at radius 2 is 2.21 bits per heavy atom. The van der Waals surface area contributed by atoms with Gasteiger partial charge in [-0.05, 0) is 26.3 Å². The highest BCUT2D eigenvalue weighted by molar-refractivity contribution is 7.11. The molecule has 1 fully saturated rings. The summed E-state index contributed by atoms with van der Waals surface area (Å²) in [5.74, 6) is 0.720. The second-order valence-corrected chi connectivity index (χ2v) is 5.33. The number of thiazole rings is 1. The summed E-state index contributed by atoms with van der Waals surface area (Å²) < 4.78 is 0. The SMILES string of the molecule is Cc1nc(CN2CC(CN)C2)sc1C. The lowest BCUT2D eigenvalue weighted by Gasteiger charge is -2.37. The zero-order valence-electron chi connectivity index (χ0n) is 8.79. The molecule has 0 saturated carbocycles. The van der Waals surface area contributed by atoms with Gasteiger partial charge in [-0.2, -0.15) is 0 Å². The van der Waals surface area contributed by atoms with Crippen molar-refractivity contribution in [2.45, 2.75) is 20.4 Å². The fourth-order valence-electron chi connectivity index (χ4n) is 1.75. The Kier molecular flexibility index (Phi) is 2.85. The zero-order chi connectivity index (χ0) is 10.1. The molecular weight excluding hydrogens is 194 g/mol. The van der Waals surface area contributed by atoms with Gasteiger partial charge in [-0.3, -0.25) is 4.90 Å². The van der Waals surface area contributed by atoms with E-state index in [0.717, 1.165) is 32.1 Å². The molecule has 0 atom stereocenters. The van der Waals surface area contributed by atoms with Crippen molar-refractivity contribution in [3.63, 3.8) is 0 Å². The van der Waals surface area contributed by atoms with Gasteiger partial charge in [0.05, 0.1) is 12.2 Å². The molecule has 0 aliphatic carbocycles. The number of likely N-dealkylation sites (tertiary alicyclic amines) is 1. The fraction of sp³-hybridized carbons (Fsp3) is 0.700. The molecule has 1 aromatic rings. The summed E-state index contributed by atoms with van der Waals surface area (Å²) in [7, 11) is 0. The number of nitrogens with zero attached hydrogens (tertiary/aromatic N) is 2. The number of hydrogen-bond donors (Lipinski definition) is 1. The molecule has 2 N–H and O–H groups in total. The minimum Gasteiger partial charge on any atom is -0.330 e. The Morgan fingerprint density at radius 3 is 2.71 bits per heavy atom. The number of aryl methyl sites for hydroxylation is 2. The number of hydrogen-bond acceptors (Lipinski definition) is 4. The van der Waals surface area contributed by atoms with Crippen LogP contribution in [0.2, 0.25) is 0 Å². The number of rotatable bonds is 3. The zero-order valence-corrected chi connectivity index (χ0v) is 9.60. The molecule has 1 saturated heterocycles. The van der Waals surface area contributed by atoms with E-state index in [1.54, 1.807) is 0 Å². The summed E-state index contributed by atoms with van der Waals surface area (Å²) >= 11 is 1.82. The maximum absolute atomic E-state index is 5.58. The minimum absolute atomic E-state index is 0.720. The monoisotopic (exact) mass is 211 g/mol. The summed E-state index contributed by atoms with van der Waals surface area (Å²) in [6.07, 6.45) is 0. The summed E-state index contributed by atoms with van der Waals surface area (Å²) in [6.45, 7) is 8.34. The van der Waals surface area contributed by atoms with Crippen molar-refractivity contribution < 1.29 is 0 Å². The van der Waals surface area contributed by atoms with Crippen molar-refractivity contribution in [1.82, 2.24) is 9.88 Å². The van der Waals surface area contributed by atoms with E-state index in [1.807, 2.05) is 11.3 Å². The van der Waals surface area contributed by atoms with Crippen molar-refractivity contribution in [2.75, 3.05) is 19.6 Å². The van der Waals surface area contributed by atoms with Crippen molar-refractivity contribution >= 4 is 11.3 Å². The van der Waals surface area contributed by atoms with E-state index in [4.69, 9.17) is 5.73 Å². The largest absolute Gasteiger partial charge is 0.330 e. The van der Waals surface area contributed by atoms with Gasteiger partial charge in [0.25, 0.3) is 0 Å². The van der Waals surface area contributed by atoms with E-state index in [9.17, 15) is 0 Å². The number of aromatic nitrogens is 1. The van der Waals surface area contributed by atoms with Crippen LogP contribution in [0.4, 0.5) is 0 Å². The van der Waals surface area contributed by atoms with E-state index in [1.165, 1.54) is 15.6 Å². The first-order valence-electron chi connectivity index (χ1n) is 5.04. The van der Waals surface area contributed by atoms with Gasteiger partial charge in [-0.1, -0.05) is 0 Å². The van der Waals surface area contributed by atoms with E-state index in [0.29, 0.717) is 0 Å². The second-order valence-electron chi connectivity index (χ2n) is 4.05. The Balaban J connectivity index is 1.87. The van der Waals surface area contributed by atoms with Crippen molar-refractivity contribution in [1.29, 1.82) is 0 Å². The first-order valence-corrected chi connectivity index (χ1v) is 5.86. The molecule has 78 valence electrons. The normalized spacial score (nSPS) is 18.5. The van der Waals surface area contributed by atoms with Gasteiger partial charge in [0, 0.05) is 18.0 Å². The van der Waals surface area contributed by atoms with Gasteiger partial charge in [0.2, 0.25) is 0 Å². The van der Waals surface area contributed by atoms with Gasteiger partial charge in [-0.15, -0.1) is 11.3 Å². The highest BCUT2D eigenvalue weighted by Gasteiger charge is 2.25. The number of nitrogens with two attached hydrogens (primary N) is 1. The van der Waals surface area contributed by atoms with Crippen molar-refractivity contribution in [2.24, 2.45) is 11.7 Å². The fourth-order valence-corrected chi connectivity index (χ4v) is 2.73. The molecule has 1 aliphatic rings. The predicted octanol–water partition coefficient (Wildman–Crippen LogP) is 1.15. The van der Waals surface area contributed by atoms with Gasteiger partial charge < -0.3 is 5.73 Å². The third kappa shape index (κ3) is 1.97. The van der Waals surface area contributed by atoms with Crippen LogP contribution in [0.3, 0.4) is 0 Å². The highest BCUT2D eigenvalue weighted by atomic mass is 32.1. The Hall–Kier alpha value is -0.450. The minimum atomic E-state index is 0.720. The van der Waals surface area contributed by atoms with Crippen LogP contribution in [-0.2, 0) is 6.54 Å². The molecule has 14 heavy (non-hydrogen) atoms. The molecule has 0 bridgehead atoms. The van der Waals surface area contributed by atoms with Crippen LogP contribution in [0.1, 0.15) is 15.6 Å². The molecule has 0 aromatic carbocycles. The summed E-state index contributed by atoms with van der Waals surface area (Å²) in [6, 6.07) is 0. The molecule has 2 heterocycles. The lowest BCUT2D eigenvalue weighted by molar-refractivity contribution is 0.0978. The average molecular weight is 211 g/mol. The van der Waals surface area contributed by atoms with Crippen LogP contribution in [0.25, 0.3) is 0 Å². The van der Waals surface area contributed by atoms with Gasteiger partial charge in [0.1, 0.15) is 5.01 Å². The summed E-state index contributed by atoms with van der Waals surface area (Å²) in [5, 5.41) is 1.25. The maximum atomic E-state index is 5.58. The Morgan fingerprint density at radius 1 is 1.50 bits per heavy atom. The van der Waals surface area contributed by atoms with Crippen LogP contribution in [0, 0.1) is 19.8 Å². The molecular formula is C10H17N3S. The lowest BCUT2D eigenvalue weighted by Crippen LogP contribution is -2.49. The second kappa shape index (κ2) is 3.96. The Bertz CT molecular complexity index is 296. The van der Waals surface area contributed by atoms with Crippen molar-refractivity contribution in [3.8, 4) is 0 Å². The van der Waals surface area contributed by atoms with Gasteiger partial charge >= 0.3 is 0 Å². The molecule has 2 rings (SSSR count). The Labute approximate surface area is 88.9 Å². The molecule has 3 nitrogen and oxygen atoms in total. The molecule has 1 aromatic heterocycles. The van der Waals surface area contributed by atoms with Gasteiger partial charge in [-0.25, -0.2) is 4.98 Å². The van der Waals surface area contributed by atoms with Gasteiger partial charge in [0.15, 0.2) is 0 Å². The van der Waals surface area contributed by atoms with Crippen molar-refractivity contribution in [3.05, 3.63) is 15.6 Å². The molecule has 4 heteroatoms. The smallest absolute Gasteiger partial charge is 0.107 e. The van der Waals surface area contributed by atoms with E-state index < -0.39 is 0 Å². The standard InChI is InChI=1S/C10H17N3S/c1-7-8(2)14-10(12-7)6-13-4-9(3-11)5-13/h9H,3-6,11H2,1-2H3. The summed E-state index contributed by atoms with van der Waals surface area (Å²) in [4.78, 5) is 8.28. The molecule has 0 unspecified atom stereocenters. The van der Waals surface area contributed by atoms with Crippen LogP contribution < -0.4 is 5.73 Å². The third-order valence-corrected chi connectivity index (χ3v) is 3.86. The van der Waals surface area contributed by atoms with Crippen LogP contribution >= 0.6 is 11.3 Å². The third-order valence-electron chi connectivity index (χ3n) is 2.80. The first-order chi connectivity index (χ1) is 6.69. The average Bonchev–Trinajstić information content (AvgIpc) is 2.38. The topological polar surface area (TPSA) is 42.2 Å². The van der Waals surface area contributed by atoms with Crippen LogP contribution in [0.15, 0.2) is 0 Å². The van der Waals surface area contributed by atoms with E-state index >= 15 is 0 Å². The quantitative estimate of drug-likeness (QED) is 0.815. The van der Waals surface area contributed by atoms with E-state index in [-0.39, 0.29) is 0 Å². The molecule has 0 radical (unpaired) electrons. The van der Waals surface area contributed by atoms with E-state index in [2.05, 4.69) is 23.7 Å².